The maximum Gasteiger partial charge on any atom is 0.255 e. The Morgan fingerprint density at radius 3 is 2.69 bits per heavy atom. The second-order valence-corrected chi connectivity index (χ2v) is 7.26. The first-order valence-electron chi connectivity index (χ1n) is 8.71. The molecule has 3 rings (SSSR count). The Labute approximate surface area is 176 Å². The Morgan fingerprint density at radius 1 is 1.28 bits per heavy atom. The Morgan fingerprint density at radius 2 is 2.03 bits per heavy atom. The van der Waals surface area contributed by atoms with Gasteiger partial charge in [0.05, 0.1) is 17.5 Å². The number of carbonyl (C=O) groups is 1. The van der Waals surface area contributed by atoms with E-state index in [2.05, 4.69) is 20.3 Å². The van der Waals surface area contributed by atoms with Gasteiger partial charge in [0.25, 0.3) is 5.56 Å². The van der Waals surface area contributed by atoms with E-state index in [9.17, 15) is 14.0 Å². The SMILES string of the molecule is Cc1nc(-c2ccccn2)[nH]c(=O)c1CC(=O)NC(C)c1cc(F)c(Cl)cc1Cl. The van der Waals surface area contributed by atoms with Gasteiger partial charge in [0.1, 0.15) is 11.5 Å². The van der Waals surface area contributed by atoms with Crippen LogP contribution < -0.4 is 10.9 Å². The zero-order chi connectivity index (χ0) is 21.1. The molecule has 6 nitrogen and oxygen atoms in total. The molecule has 150 valence electrons. The van der Waals surface area contributed by atoms with Crippen LogP contribution in [0.15, 0.2) is 41.3 Å². The van der Waals surface area contributed by atoms with Crippen LogP contribution in [0, 0.1) is 12.7 Å². The molecule has 2 aromatic heterocycles. The Kier molecular flexibility index (Phi) is 6.30. The predicted octanol–water partition coefficient (Wildman–Crippen LogP) is 4.01. The third-order valence-corrected chi connectivity index (χ3v) is 4.97. The van der Waals surface area contributed by atoms with Crippen LogP contribution in [0.25, 0.3) is 11.5 Å². The van der Waals surface area contributed by atoms with Gasteiger partial charge in [0, 0.05) is 22.5 Å². The highest BCUT2D eigenvalue weighted by molar-refractivity contribution is 6.35. The second kappa shape index (κ2) is 8.71. The first-order chi connectivity index (χ1) is 13.8. The summed E-state index contributed by atoms with van der Waals surface area (Å²) in [4.78, 5) is 36.1. The summed E-state index contributed by atoms with van der Waals surface area (Å²) < 4.78 is 13.7. The van der Waals surface area contributed by atoms with Crippen LogP contribution >= 0.6 is 23.2 Å². The summed E-state index contributed by atoms with van der Waals surface area (Å²) in [6, 6.07) is 7.14. The van der Waals surface area contributed by atoms with Gasteiger partial charge in [-0.15, -0.1) is 0 Å². The molecule has 1 atom stereocenters. The zero-order valence-electron chi connectivity index (χ0n) is 15.6. The number of carbonyl (C=O) groups excluding carboxylic acids is 1. The van der Waals surface area contributed by atoms with Gasteiger partial charge in [0.2, 0.25) is 5.91 Å². The van der Waals surface area contributed by atoms with Crippen molar-refractivity contribution in [2.75, 3.05) is 0 Å². The van der Waals surface area contributed by atoms with Gasteiger partial charge in [-0.3, -0.25) is 14.6 Å². The number of rotatable bonds is 5. The van der Waals surface area contributed by atoms with Gasteiger partial charge >= 0.3 is 0 Å². The molecule has 3 aromatic rings. The van der Waals surface area contributed by atoms with Crippen molar-refractivity contribution < 1.29 is 9.18 Å². The van der Waals surface area contributed by atoms with Gasteiger partial charge in [-0.25, -0.2) is 9.37 Å². The van der Waals surface area contributed by atoms with Crippen LogP contribution in [-0.4, -0.2) is 20.9 Å². The van der Waals surface area contributed by atoms with Gasteiger partial charge in [-0.1, -0.05) is 29.3 Å². The minimum absolute atomic E-state index is 0.0986. The van der Waals surface area contributed by atoms with Gasteiger partial charge in [-0.05, 0) is 43.7 Å². The Bertz CT molecular complexity index is 1120. The molecular formula is C20H17Cl2FN4O2. The molecule has 0 aliphatic carbocycles. The lowest BCUT2D eigenvalue weighted by molar-refractivity contribution is -0.121. The summed E-state index contributed by atoms with van der Waals surface area (Å²) in [5.74, 6) is -0.729. The van der Waals surface area contributed by atoms with E-state index in [1.165, 1.54) is 12.1 Å². The summed E-state index contributed by atoms with van der Waals surface area (Å²) in [5, 5.41) is 2.84. The molecule has 0 fully saturated rings. The van der Waals surface area contributed by atoms with Crippen molar-refractivity contribution in [3.05, 3.63) is 79.6 Å². The number of hydrogen-bond donors (Lipinski definition) is 2. The van der Waals surface area contributed by atoms with E-state index in [1.807, 2.05) is 0 Å². The van der Waals surface area contributed by atoms with Crippen LogP contribution in [0.5, 0.6) is 0 Å². The largest absolute Gasteiger partial charge is 0.349 e. The molecule has 0 bridgehead atoms. The van der Waals surface area contributed by atoms with Crippen LogP contribution in [0.2, 0.25) is 10.0 Å². The summed E-state index contributed by atoms with van der Waals surface area (Å²) in [6.45, 7) is 3.31. The summed E-state index contributed by atoms with van der Waals surface area (Å²) >= 11 is 11.8. The molecule has 2 N–H and O–H groups in total. The lowest BCUT2D eigenvalue weighted by atomic mass is 10.1. The highest BCUT2D eigenvalue weighted by atomic mass is 35.5. The van der Waals surface area contributed by atoms with Crippen molar-refractivity contribution in [3.63, 3.8) is 0 Å². The molecule has 0 saturated heterocycles. The molecule has 2 heterocycles. The first kappa shape index (κ1) is 21.0. The number of aromatic amines is 1. The van der Waals surface area contributed by atoms with E-state index < -0.39 is 23.3 Å². The molecule has 0 aliphatic rings. The third kappa shape index (κ3) is 4.81. The molecule has 1 amide bonds. The van der Waals surface area contributed by atoms with Gasteiger partial charge in [0.15, 0.2) is 5.82 Å². The number of aromatic nitrogens is 3. The molecule has 29 heavy (non-hydrogen) atoms. The monoisotopic (exact) mass is 434 g/mol. The summed E-state index contributed by atoms with van der Waals surface area (Å²) in [7, 11) is 0. The number of amides is 1. The average molecular weight is 435 g/mol. The smallest absolute Gasteiger partial charge is 0.255 e. The maximum atomic E-state index is 13.7. The average Bonchev–Trinajstić information content (AvgIpc) is 2.68. The van der Waals surface area contributed by atoms with Crippen molar-refractivity contribution in [2.24, 2.45) is 0 Å². The normalized spacial score (nSPS) is 11.9. The molecule has 0 saturated carbocycles. The highest BCUT2D eigenvalue weighted by Gasteiger charge is 2.18. The van der Waals surface area contributed by atoms with E-state index in [-0.39, 0.29) is 22.0 Å². The van der Waals surface area contributed by atoms with Crippen molar-refractivity contribution in [3.8, 4) is 11.5 Å². The topological polar surface area (TPSA) is 87.7 Å². The van der Waals surface area contributed by atoms with Crippen molar-refractivity contribution >= 4 is 29.1 Å². The molecular weight excluding hydrogens is 418 g/mol. The minimum atomic E-state index is -0.631. The minimum Gasteiger partial charge on any atom is -0.349 e. The molecule has 0 aliphatic heterocycles. The number of nitrogens with zero attached hydrogens (tertiary/aromatic N) is 2. The molecule has 9 heteroatoms. The lowest BCUT2D eigenvalue weighted by Crippen LogP contribution is -2.31. The number of benzene rings is 1. The van der Waals surface area contributed by atoms with Crippen LogP contribution in [0.3, 0.4) is 0 Å². The van der Waals surface area contributed by atoms with Gasteiger partial charge < -0.3 is 10.3 Å². The quantitative estimate of drug-likeness (QED) is 0.593. The zero-order valence-corrected chi connectivity index (χ0v) is 17.1. The number of nitrogens with one attached hydrogen (secondary N) is 2. The number of aryl methyl sites for hydroxylation is 1. The fourth-order valence-electron chi connectivity index (χ4n) is 2.84. The third-order valence-electron chi connectivity index (χ3n) is 4.35. The van der Waals surface area contributed by atoms with E-state index in [0.29, 0.717) is 22.8 Å². The fraction of sp³-hybridized carbons (Fsp3) is 0.200. The summed E-state index contributed by atoms with van der Waals surface area (Å²) in [6.07, 6.45) is 1.41. The summed E-state index contributed by atoms with van der Waals surface area (Å²) in [5.41, 5.74) is 1.15. The highest BCUT2D eigenvalue weighted by Crippen LogP contribution is 2.28. The maximum absolute atomic E-state index is 13.7. The van der Waals surface area contributed by atoms with Crippen molar-refractivity contribution in [1.29, 1.82) is 0 Å². The Hall–Kier alpha value is -2.77. The molecule has 0 radical (unpaired) electrons. The number of pyridine rings is 1. The number of halogens is 3. The predicted molar refractivity (Wildman–Crippen MR) is 110 cm³/mol. The van der Waals surface area contributed by atoms with Crippen LogP contribution in [0.4, 0.5) is 4.39 Å². The standard InChI is InChI=1S/C20H17Cl2FN4O2/c1-10(12-7-16(23)15(22)9-14(12)21)25-18(28)8-13-11(2)26-19(27-20(13)29)17-5-3-4-6-24-17/h3-7,9-10H,8H2,1-2H3,(H,25,28)(H,26,27,29). The van der Waals surface area contributed by atoms with Crippen molar-refractivity contribution in [2.45, 2.75) is 26.3 Å². The van der Waals surface area contributed by atoms with E-state index in [4.69, 9.17) is 23.2 Å². The molecule has 0 spiro atoms. The Balaban J connectivity index is 1.77. The lowest BCUT2D eigenvalue weighted by Gasteiger charge is -2.16. The fourth-order valence-corrected chi connectivity index (χ4v) is 3.39. The van der Waals surface area contributed by atoms with Crippen molar-refractivity contribution in [1.82, 2.24) is 20.3 Å². The van der Waals surface area contributed by atoms with Crippen LogP contribution in [0.1, 0.15) is 29.8 Å². The number of hydrogen-bond acceptors (Lipinski definition) is 4. The van der Waals surface area contributed by atoms with E-state index in [1.54, 1.807) is 38.2 Å². The van der Waals surface area contributed by atoms with Crippen LogP contribution in [-0.2, 0) is 11.2 Å². The number of H-pyrrole nitrogens is 1. The second-order valence-electron chi connectivity index (χ2n) is 6.45. The molecule has 1 unspecified atom stereocenters. The van der Waals surface area contributed by atoms with E-state index in [0.717, 1.165) is 0 Å². The first-order valence-corrected chi connectivity index (χ1v) is 9.47. The molecule has 1 aromatic carbocycles. The van der Waals surface area contributed by atoms with E-state index >= 15 is 0 Å². The van der Waals surface area contributed by atoms with Gasteiger partial charge in [-0.2, -0.15) is 0 Å².